The summed E-state index contributed by atoms with van der Waals surface area (Å²) < 4.78 is 22.5. The maximum absolute atomic E-state index is 13.1. The van der Waals surface area contributed by atoms with Crippen LogP contribution in [0.5, 0.6) is 0 Å². The molecule has 2 heterocycles. The lowest BCUT2D eigenvalue weighted by molar-refractivity contribution is -0.359. The molecule has 12 unspecified atom stereocenters. The van der Waals surface area contributed by atoms with Gasteiger partial charge in [0.2, 0.25) is 5.91 Å². The summed E-state index contributed by atoms with van der Waals surface area (Å²) in [4.78, 5) is 13.1. The van der Waals surface area contributed by atoms with Crippen molar-refractivity contribution in [3.63, 3.8) is 0 Å². The molecule has 2 saturated heterocycles. The summed E-state index contributed by atoms with van der Waals surface area (Å²) in [5.41, 5.74) is 0. The van der Waals surface area contributed by atoms with Crippen molar-refractivity contribution in [3.8, 4) is 0 Å². The first kappa shape index (κ1) is 53.6. The van der Waals surface area contributed by atoms with Crippen LogP contribution in [0.15, 0.2) is 72.9 Å². The van der Waals surface area contributed by atoms with Crippen LogP contribution in [0.1, 0.15) is 117 Å². The van der Waals surface area contributed by atoms with Gasteiger partial charge in [-0.3, -0.25) is 4.79 Å². The van der Waals surface area contributed by atoms with E-state index >= 15 is 0 Å². The van der Waals surface area contributed by atoms with Gasteiger partial charge in [0.15, 0.2) is 12.6 Å². The van der Waals surface area contributed by atoms with E-state index in [1.807, 2.05) is 6.08 Å². The van der Waals surface area contributed by atoms with E-state index < -0.39 is 86.8 Å². The van der Waals surface area contributed by atoms with Crippen molar-refractivity contribution in [1.82, 2.24) is 5.32 Å². The lowest BCUT2D eigenvalue weighted by Crippen LogP contribution is -2.65. The molecule has 0 aromatic heterocycles. The molecule has 0 aromatic carbocycles. The van der Waals surface area contributed by atoms with Crippen LogP contribution in [0.3, 0.4) is 0 Å². The molecule has 2 fully saturated rings. The first-order chi connectivity index (χ1) is 29.1. The Morgan fingerprint density at radius 1 is 0.617 bits per heavy atom. The molecule has 344 valence electrons. The number of aliphatic hydroxyl groups excluding tert-OH is 8. The number of allylic oxidation sites excluding steroid dienone is 11. The molecule has 2 aliphatic rings. The van der Waals surface area contributed by atoms with Crippen molar-refractivity contribution >= 4 is 5.91 Å². The number of nitrogens with one attached hydrogen (secondary N) is 1. The van der Waals surface area contributed by atoms with E-state index in [1.54, 1.807) is 6.08 Å². The molecule has 9 N–H and O–H groups in total. The van der Waals surface area contributed by atoms with Crippen LogP contribution in [0.2, 0.25) is 0 Å². The highest BCUT2D eigenvalue weighted by molar-refractivity contribution is 5.76. The average Bonchev–Trinajstić information content (AvgIpc) is 3.24. The summed E-state index contributed by atoms with van der Waals surface area (Å²) in [6.07, 6.45) is 22.5. The SMILES string of the molecule is CC/C=C\C/C=C\C/C=C\C/C=C\CCCCCCC(=O)NC(COC1OC(CO)C(OC2OC(CO)C(O)C(O)C2O)C(O)C1O)C(O)/C=C/CC/C=C/CCCCC. The summed E-state index contributed by atoms with van der Waals surface area (Å²) in [5, 5.41) is 86.2. The van der Waals surface area contributed by atoms with E-state index in [0.29, 0.717) is 12.8 Å². The van der Waals surface area contributed by atoms with E-state index in [-0.39, 0.29) is 18.9 Å². The van der Waals surface area contributed by atoms with Gasteiger partial charge in [-0.25, -0.2) is 0 Å². The Hall–Kier alpha value is -2.57. The topological polar surface area (TPSA) is 228 Å². The minimum Gasteiger partial charge on any atom is -0.394 e. The van der Waals surface area contributed by atoms with Crippen LogP contribution < -0.4 is 5.32 Å². The molecule has 2 rings (SSSR count). The van der Waals surface area contributed by atoms with Crippen molar-refractivity contribution in [1.29, 1.82) is 0 Å². The number of hydrogen-bond acceptors (Lipinski definition) is 13. The van der Waals surface area contributed by atoms with Crippen LogP contribution in [-0.2, 0) is 23.7 Å². The third kappa shape index (κ3) is 21.0. The Morgan fingerprint density at radius 2 is 1.17 bits per heavy atom. The van der Waals surface area contributed by atoms with E-state index in [1.165, 1.54) is 6.42 Å². The maximum Gasteiger partial charge on any atom is 0.220 e. The molecular formula is C46H77NO13. The quantitative estimate of drug-likeness (QED) is 0.0354. The first-order valence-corrected chi connectivity index (χ1v) is 22.2. The molecule has 1 amide bonds. The van der Waals surface area contributed by atoms with E-state index in [2.05, 4.69) is 79.9 Å². The minimum absolute atomic E-state index is 0.241. The van der Waals surface area contributed by atoms with Crippen LogP contribution in [0.4, 0.5) is 0 Å². The van der Waals surface area contributed by atoms with Crippen molar-refractivity contribution in [2.75, 3.05) is 19.8 Å². The summed E-state index contributed by atoms with van der Waals surface area (Å²) in [5.74, 6) is -0.281. The molecule has 0 aliphatic carbocycles. The predicted octanol–water partition coefficient (Wildman–Crippen LogP) is 4.09. The number of unbranched alkanes of at least 4 members (excludes halogenated alkanes) is 8. The van der Waals surface area contributed by atoms with Gasteiger partial charge in [-0.1, -0.05) is 112 Å². The molecule has 0 aromatic rings. The lowest BCUT2D eigenvalue weighted by Gasteiger charge is -2.46. The summed E-state index contributed by atoms with van der Waals surface area (Å²) >= 11 is 0. The molecule has 0 radical (unpaired) electrons. The molecule has 0 saturated carbocycles. The van der Waals surface area contributed by atoms with Gasteiger partial charge >= 0.3 is 0 Å². The van der Waals surface area contributed by atoms with Gasteiger partial charge in [0.25, 0.3) is 0 Å². The summed E-state index contributed by atoms with van der Waals surface area (Å²) in [7, 11) is 0. The highest BCUT2D eigenvalue weighted by Gasteiger charge is 2.50. The van der Waals surface area contributed by atoms with Crippen molar-refractivity contribution < 1.29 is 64.6 Å². The second kappa shape index (κ2) is 33.0. The second-order valence-corrected chi connectivity index (χ2v) is 15.4. The standard InChI is InChI=1S/C46H77NO13/c1-3-5-7-9-11-13-14-15-16-17-18-19-20-22-24-26-28-30-38(51)47-34(35(50)29-27-25-23-21-12-10-8-6-4-2)33-57-45-43(56)41(54)44(37(32-49)59-45)60-46-42(55)40(53)39(52)36(31-48)58-46/h5,7,11-13,15-16,18-19,21,27,29,34-37,39-46,48-50,52-56H,3-4,6,8-10,14,17,20,22-26,28,30-33H2,1-2H3,(H,47,51)/b7-5-,13-11-,16-15-,19-18-,21-12+,29-27+. The fraction of sp³-hybridized carbons (Fsp3) is 0.717. The second-order valence-electron chi connectivity index (χ2n) is 15.4. The van der Waals surface area contributed by atoms with E-state index in [0.717, 1.165) is 77.0 Å². The van der Waals surface area contributed by atoms with Gasteiger partial charge in [-0.05, 0) is 70.6 Å². The zero-order chi connectivity index (χ0) is 44.0. The van der Waals surface area contributed by atoms with E-state index in [4.69, 9.17) is 18.9 Å². The number of aliphatic hydroxyl groups is 8. The third-order valence-corrected chi connectivity index (χ3v) is 10.4. The Morgan fingerprint density at radius 3 is 1.82 bits per heavy atom. The minimum atomic E-state index is -1.79. The number of carbonyl (C=O) groups excluding carboxylic acids is 1. The molecule has 12 atom stereocenters. The van der Waals surface area contributed by atoms with Crippen molar-refractivity contribution in [2.45, 2.75) is 190 Å². The van der Waals surface area contributed by atoms with Gasteiger partial charge in [0.1, 0.15) is 48.8 Å². The van der Waals surface area contributed by atoms with Crippen molar-refractivity contribution in [3.05, 3.63) is 72.9 Å². The lowest BCUT2D eigenvalue weighted by atomic mass is 9.97. The molecule has 14 heteroatoms. The number of ether oxygens (including phenoxy) is 4. The van der Waals surface area contributed by atoms with Gasteiger partial charge in [0, 0.05) is 6.42 Å². The number of rotatable bonds is 31. The summed E-state index contributed by atoms with van der Waals surface area (Å²) in [6.45, 7) is 2.53. The maximum atomic E-state index is 13.1. The van der Waals surface area contributed by atoms with Crippen LogP contribution in [-0.4, -0.2) is 140 Å². The fourth-order valence-electron chi connectivity index (χ4n) is 6.71. The zero-order valence-corrected chi connectivity index (χ0v) is 35.9. The van der Waals surface area contributed by atoms with Crippen LogP contribution in [0, 0.1) is 0 Å². The van der Waals surface area contributed by atoms with Crippen molar-refractivity contribution in [2.24, 2.45) is 0 Å². The smallest absolute Gasteiger partial charge is 0.220 e. The van der Waals surface area contributed by atoms with Gasteiger partial charge in [0.05, 0.1) is 32.0 Å². The summed E-state index contributed by atoms with van der Waals surface area (Å²) in [6, 6.07) is -0.944. The highest BCUT2D eigenvalue weighted by Crippen LogP contribution is 2.29. The molecule has 0 bridgehead atoms. The van der Waals surface area contributed by atoms with Crippen LogP contribution >= 0.6 is 0 Å². The number of amides is 1. The normalized spacial score (nSPS) is 29.0. The monoisotopic (exact) mass is 852 g/mol. The molecule has 2 aliphatic heterocycles. The Balaban J connectivity index is 1.90. The average molecular weight is 852 g/mol. The zero-order valence-electron chi connectivity index (χ0n) is 35.9. The molecular weight excluding hydrogens is 774 g/mol. The fourth-order valence-corrected chi connectivity index (χ4v) is 6.71. The largest absolute Gasteiger partial charge is 0.394 e. The molecule has 60 heavy (non-hydrogen) atoms. The van der Waals surface area contributed by atoms with Crippen LogP contribution in [0.25, 0.3) is 0 Å². The molecule has 0 spiro atoms. The number of carbonyl (C=O) groups is 1. The third-order valence-electron chi connectivity index (χ3n) is 10.4. The van der Waals surface area contributed by atoms with Gasteiger partial charge in [-0.15, -0.1) is 0 Å². The highest BCUT2D eigenvalue weighted by atomic mass is 16.7. The predicted molar refractivity (Wildman–Crippen MR) is 230 cm³/mol. The Bertz CT molecular complexity index is 1280. The molecule has 14 nitrogen and oxygen atoms in total. The van der Waals surface area contributed by atoms with E-state index in [9.17, 15) is 45.6 Å². The van der Waals surface area contributed by atoms with Gasteiger partial charge < -0.3 is 65.1 Å². The Labute approximate surface area is 358 Å². The number of hydrogen-bond donors (Lipinski definition) is 9. The Kier molecular flexibility index (Phi) is 29.5. The first-order valence-electron chi connectivity index (χ1n) is 22.2. The van der Waals surface area contributed by atoms with Gasteiger partial charge in [-0.2, -0.15) is 0 Å².